The van der Waals surface area contributed by atoms with Gasteiger partial charge in [-0.1, -0.05) is 6.08 Å². The number of hydrogen-bond donors (Lipinski definition) is 1. The molecule has 3 rings (SSSR count). The van der Waals surface area contributed by atoms with E-state index in [4.69, 9.17) is 4.74 Å². The Kier molecular flexibility index (Phi) is 4.88. The smallest absolute Gasteiger partial charge is 0.338 e. The van der Waals surface area contributed by atoms with Crippen LogP contribution in [0.5, 0.6) is 0 Å². The minimum atomic E-state index is -0.718. The lowest BCUT2D eigenvalue weighted by atomic mass is 10.1. The van der Waals surface area contributed by atoms with Crippen molar-refractivity contribution < 1.29 is 23.9 Å². The molecule has 1 aromatic carbocycles. The van der Waals surface area contributed by atoms with Gasteiger partial charge in [-0.2, -0.15) is 0 Å². The van der Waals surface area contributed by atoms with Crippen molar-refractivity contribution in [1.29, 1.82) is 0 Å². The summed E-state index contributed by atoms with van der Waals surface area (Å²) in [6.45, 7) is 5.16. The van der Waals surface area contributed by atoms with Crippen molar-refractivity contribution >= 4 is 23.7 Å². The molecule has 26 heavy (non-hydrogen) atoms. The average Bonchev–Trinajstić information content (AvgIpc) is 3.44. The van der Waals surface area contributed by atoms with Crippen LogP contribution in [-0.2, 0) is 9.53 Å². The molecule has 1 aliphatic heterocycles. The quantitative estimate of drug-likeness (QED) is 0.454. The largest absolute Gasteiger partial charge is 0.452 e. The summed E-state index contributed by atoms with van der Waals surface area (Å²) in [7, 11) is 0. The van der Waals surface area contributed by atoms with Gasteiger partial charge in [-0.15, -0.1) is 6.58 Å². The van der Waals surface area contributed by atoms with E-state index in [9.17, 15) is 19.2 Å². The van der Waals surface area contributed by atoms with Crippen molar-refractivity contribution in [3.05, 3.63) is 47.5 Å². The van der Waals surface area contributed by atoms with Gasteiger partial charge in [-0.3, -0.25) is 19.3 Å². The standard InChI is InChI=1S/C19H20N2O5/c1-3-8-21-17(23)14-7-6-13(9-15(14)18(21)24)19(25)26-10-16(22)20-11(2)12-4-5-12/h3,6-7,9,11-12H,1,4-5,8,10H2,2H3,(H,20,22)/t11-/m0/s1. The van der Waals surface area contributed by atoms with Gasteiger partial charge in [0.05, 0.1) is 16.7 Å². The van der Waals surface area contributed by atoms with Gasteiger partial charge in [-0.25, -0.2) is 4.79 Å². The molecule has 0 saturated heterocycles. The van der Waals surface area contributed by atoms with Crippen LogP contribution in [0.1, 0.15) is 50.8 Å². The Morgan fingerprint density at radius 2 is 2.00 bits per heavy atom. The molecule has 1 heterocycles. The number of carbonyl (C=O) groups excluding carboxylic acids is 4. The summed E-state index contributed by atoms with van der Waals surface area (Å²) in [4.78, 5) is 49.4. The van der Waals surface area contributed by atoms with Crippen LogP contribution in [-0.4, -0.2) is 47.8 Å². The van der Waals surface area contributed by atoms with Crippen molar-refractivity contribution in [2.45, 2.75) is 25.8 Å². The fourth-order valence-electron chi connectivity index (χ4n) is 2.94. The summed E-state index contributed by atoms with van der Waals surface area (Å²) in [5.74, 6) is -1.46. The predicted octanol–water partition coefficient (Wildman–Crippen LogP) is 1.54. The molecule has 0 bridgehead atoms. The lowest BCUT2D eigenvalue weighted by Crippen LogP contribution is -2.37. The minimum Gasteiger partial charge on any atom is -0.452 e. The second-order valence-corrected chi connectivity index (χ2v) is 6.54. The third-order valence-corrected chi connectivity index (χ3v) is 4.57. The first-order valence-corrected chi connectivity index (χ1v) is 8.50. The molecule has 1 saturated carbocycles. The maximum Gasteiger partial charge on any atom is 0.338 e. The van der Waals surface area contributed by atoms with Gasteiger partial charge >= 0.3 is 5.97 Å². The predicted molar refractivity (Wildman–Crippen MR) is 92.6 cm³/mol. The van der Waals surface area contributed by atoms with Gasteiger partial charge in [0, 0.05) is 12.6 Å². The fourth-order valence-corrected chi connectivity index (χ4v) is 2.94. The van der Waals surface area contributed by atoms with Gasteiger partial charge < -0.3 is 10.1 Å². The molecule has 1 fully saturated rings. The number of ether oxygens (including phenoxy) is 1. The molecule has 1 aliphatic carbocycles. The second-order valence-electron chi connectivity index (χ2n) is 6.54. The molecule has 0 radical (unpaired) electrons. The van der Waals surface area contributed by atoms with Gasteiger partial charge in [-0.05, 0) is 43.9 Å². The van der Waals surface area contributed by atoms with Crippen LogP contribution in [0, 0.1) is 5.92 Å². The third kappa shape index (κ3) is 3.51. The lowest BCUT2D eigenvalue weighted by Gasteiger charge is -2.12. The molecular weight excluding hydrogens is 336 g/mol. The molecule has 2 aliphatic rings. The summed E-state index contributed by atoms with van der Waals surface area (Å²) in [6, 6.07) is 4.23. The van der Waals surface area contributed by atoms with Crippen LogP contribution in [0.25, 0.3) is 0 Å². The average molecular weight is 356 g/mol. The number of nitrogens with zero attached hydrogens (tertiary/aromatic N) is 1. The van der Waals surface area contributed by atoms with Crippen LogP contribution in [0.15, 0.2) is 30.9 Å². The van der Waals surface area contributed by atoms with Crippen molar-refractivity contribution in [3.8, 4) is 0 Å². The highest BCUT2D eigenvalue weighted by Gasteiger charge is 2.35. The zero-order valence-corrected chi connectivity index (χ0v) is 14.5. The van der Waals surface area contributed by atoms with Crippen LogP contribution in [0.2, 0.25) is 0 Å². The highest BCUT2D eigenvalue weighted by molar-refractivity contribution is 6.22. The summed E-state index contributed by atoms with van der Waals surface area (Å²) >= 11 is 0. The van der Waals surface area contributed by atoms with Crippen molar-refractivity contribution in [3.63, 3.8) is 0 Å². The number of benzene rings is 1. The van der Waals surface area contributed by atoms with Gasteiger partial charge in [0.2, 0.25) is 0 Å². The third-order valence-electron chi connectivity index (χ3n) is 4.57. The van der Waals surface area contributed by atoms with E-state index < -0.39 is 17.8 Å². The number of esters is 1. The maximum atomic E-state index is 12.3. The van der Waals surface area contributed by atoms with Crippen molar-refractivity contribution in [1.82, 2.24) is 10.2 Å². The summed E-state index contributed by atoms with van der Waals surface area (Å²) in [5, 5.41) is 2.79. The van der Waals surface area contributed by atoms with Gasteiger partial charge in [0.1, 0.15) is 0 Å². The lowest BCUT2D eigenvalue weighted by molar-refractivity contribution is -0.125. The molecule has 0 unspecified atom stereocenters. The van der Waals surface area contributed by atoms with Crippen molar-refractivity contribution in [2.75, 3.05) is 13.2 Å². The van der Waals surface area contributed by atoms with Gasteiger partial charge in [0.15, 0.2) is 6.61 Å². The first-order chi connectivity index (χ1) is 12.4. The molecule has 7 heteroatoms. The molecule has 7 nitrogen and oxygen atoms in total. The molecule has 0 aromatic heterocycles. The minimum absolute atomic E-state index is 0.0701. The summed E-state index contributed by atoms with van der Waals surface area (Å²) in [6.07, 6.45) is 3.66. The van der Waals surface area contributed by atoms with Crippen molar-refractivity contribution in [2.24, 2.45) is 5.92 Å². The van der Waals surface area contributed by atoms with Crippen LogP contribution < -0.4 is 5.32 Å². The Morgan fingerprint density at radius 3 is 2.65 bits per heavy atom. The van der Waals surface area contributed by atoms with Gasteiger partial charge in [0.25, 0.3) is 17.7 Å². The van der Waals surface area contributed by atoms with E-state index in [0.29, 0.717) is 5.92 Å². The second kappa shape index (κ2) is 7.11. The van der Waals surface area contributed by atoms with E-state index in [1.54, 1.807) is 0 Å². The highest BCUT2D eigenvalue weighted by Crippen LogP contribution is 2.32. The first kappa shape index (κ1) is 17.8. The van der Waals surface area contributed by atoms with Crippen LogP contribution in [0.4, 0.5) is 0 Å². The highest BCUT2D eigenvalue weighted by atomic mass is 16.5. The maximum absolute atomic E-state index is 12.3. The van der Waals surface area contributed by atoms with E-state index in [2.05, 4.69) is 11.9 Å². The Bertz CT molecular complexity index is 797. The molecule has 3 amide bonds. The Labute approximate surface area is 151 Å². The molecular formula is C19H20N2O5. The van der Waals surface area contributed by atoms with E-state index in [0.717, 1.165) is 17.7 Å². The fraction of sp³-hybridized carbons (Fsp3) is 0.368. The molecule has 1 N–H and O–H groups in total. The molecule has 136 valence electrons. The first-order valence-electron chi connectivity index (χ1n) is 8.50. The summed E-state index contributed by atoms with van der Waals surface area (Å²) < 4.78 is 5.01. The number of nitrogens with one attached hydrogen (secondary N) is 1. The van der Waals surface area contributed by atoms with Crippen LogP contribution >= 0.6 is 0 Å². The number of amides is 3. The topological polar surface area (TPSA) is 92.8 Å². The Balaban J connectivity index is 1.62. The normalized spacial score (nSPS) is 16.9. The number of hydrogen-bond acceptors (Lipinski definition) is 5. The van der Waals surface area contributed by atoms with Crippen LogP contribution in [0.3, 0.4) is 0 Å². The number of fused-ring (bicyclic) bond motifs is 1. The number of imide groups is 1. The Morgan fingerprint density at radius 1 is 1.31 bits per heavy atom. The molecule has 1 atom stereocenters. The SMILES string of the molecule is C=CCN1C(=O)c2ccc(C(=O)OCC(=O)N[C@@H](C)C3CC3)cc2C1=O. The van der Waals surface area contributed by atoms with E-state index in [-0.39, 0.29) is 41.8 Å². The van der Waals surface area contributed by atoms with E-state index in [1.807, 2.05) is 6.92 Å². The Hall–Kier alpha value is -2.96. The van der Waals surface area contributed by atoms with E-state index >= 15 is 0 Å². The molecule has 1 aromatic rings. The molecule has 0 spiro atoms. The summed E-state index contributed by atoms with van der Waals surface area (Å²) in [5.41, 5.74) is 0.510. The zero-order valence-electron chi connectivity index (χ0n) is 14.5. The van der Waals surface area contributed by atoms with E-state index in [1.165, 1.54) is 24.3 Å². The zero-order chi connectivity index (χ0) is 18.8. The number of rotatable bonds is 7. The number of carbonyl (C=O) groups is 4. The monoisotopic (exact) mass is 356 g/mol.